The molecule has 0 radical (unpaired) electrons. The summed E-state index contributed by atoms with van der Waals surface area (Å²) >= 11 is 0. The van der Waals surface area contributed by atoms with E-state index in [4.69, 9.17) is 0 Å². The van der Waals surface area contributed by atoms with E-state index in [-0.39, 0.29) is 22.9 Å². The predicted octanol–water partition coefficient (Wildman–Crippen LogP) is 0.589. The smallest absolute Gasteiger partial charge is 0.259 e. The van der Waals surface area contributed by atoms with Gasteiger partial charge in [-0.25, -0.2) is 0 Å². The van der Waals surface area contributed by atoms with Crippen LogP contribution in [-0.4, -0.2) is 41.5 Å². The molecule has 1 aromatic heterocycles. The van der Waals surface area contributed by atoms with Crippen molar-refractivity contribution in [2.75, 3.05) is 19.6 Å². The third-order valence-corrected chi connectivity index (χ3v) is 3.41. The zero-order chi connectivity index (χ0) is 13.0. The van der Waals surface area contributed by atoms with Gasteiger partial charge in [-0.15, -0.1) is 0 Å². The highest BCUT2D eigenvalue weighted by Crippen LogP contribution is 2.13. The van der Waals surface area contributed by atoms with Crippen LogP contribution in [0.3, 0.4) is 0 Å². The van der Waals surface area contributed by atoms with E-state index in [2.05, 4.69) is 10.3 Å². The normalized spacial score (nSPS) is 16.5. The Kier molecular flexibility index (Phi) is 4.15. The van der Waals surface area contributed by atoms with E-state index in [1.54, 1.807) is 6.20 Å². The quantitative estimate of drug-likeness (QED) is 0.824. The van der Waals surface area contributed by atoms with Crippen molar-refractivity contribution in [3.05, 3.63) is 34.2 Å². The highest BCUT2D eigenvalue weighted by atomic mass is 16.2. The van der Waals surface area contributed by atoms with Gasteiger partial charge in [-0.1, -0.05) is 0 Å². The fourth-order valence-corrected chi connectivity index (χ4v) is 2.42. The van der Waals surface area contributed by atoms with Crippen LogP contribution < -0.4 is 10.7 Å². The molecule has 1 saturated heterocycles. The lowest BCUT2D eigenvalue weighted by molar-refractivity contribution is 0.0654. The summed E-state index contributed by atoms with van der Waals surface area (Å²) in [6, 6.07) is 1.63. The lowest BCUT2D eigenvalue weighted by Crippen LogP contribution is -2.47. The number of aromatic amines is 1. The lowest BCUT2D eigenvalue weighted by atomic mass is 10.0. The maximum absolute atomic E-state index is 12.4. The molecule has 0 spiro atoms. The molecule has 98 valence electrons. The molecule has 5 nitrogen and oxygen atoms in total. The summed E-state index contributed by atoms with van der Waals surface area (Å²) in [5, 5.41) is 3.28. The van der Waals surface area contributed by atoms with Crippen molar-refractivity contribution in [2.24, 2.45) is 0 Å². The molecule has 18 heavy (non-hydrogen) atoms. The van der Waals surface area contributed by atoms with Gasteiger partial charge in [0, 0.05) is 31.0 Å². The third kappa shape index (κ3) is 2.61. The monoisotopic (exact) mass is 249 g/mol. The number of hydrogen-bond acceptors (Lipinski definition) is 3. The minimum Gasteiger partial charge on any atom is -0.367 e. The van der Waals surface area contributed by atoms with E-state index < -0.39 is 0 Å². The average Bonchev–Trinajstić information content (AvgIpc) is 2.41. The zero-order valence-electron chi connectivity index (χ0n) is 10.6. The first-order chi connectivity index (χ1) is 8.74. The number of carbonyl (C=O) groups is 1. The summed E-state index contributed by atoms with van der Waals surface area (Å²) < 4.78 is 0. The van der Waals surface area contributed by atoms with Crippen LogP contribution in [0.4, 0.5) is 0 Å². The van der Waals surface area contributed by atoms with Crippen molar-refractivity contribution < 1.29 is 4.79 Å². The first-order valence-corrected chi connectivity index (χ1v) is 6.43. The van der Waals surface area contributed by atoms with Crippen LogP contribution in [-0.2, 0) is 0 Å². The highest BCUT2D eigenvalue weighted by molar-refractivity contribution is 5.94. The summed E-state index contributed by atoms with van der Waals surface area (Å²) in [4.78, 5) is 28.7. The Bertz CT molecular complexity index is 463. The van der Waals surface area contributed by atoms with E-state index >= 15 is 0 Å². The van der Waals surface area contributed by atoms with Crippen molar-refractivity contribution in [3.63, 3.8) is 0 Å². The lowest BCUT2D eigenvalue weighted by Gasteiger charge is -2.33. The number of piperidine rings is 1. The first kappa shape index (κ1) is 12.8. The van der Waals surface area contributed by atoms with E-state index in [0.717, 1.165) is 25.9 Å². The van der Waals surface area contributed by atoms with E-state index in [9.17, 15) is 9.59 Å². The molecule has 2 heterocycles. The van der Waals surface area contributed by atoms with Gasteiger partial charge in [0.25, 0.3) is 5.91 Å². The van der Waals surface area contributed by atoms with Gasteiger partial charge in [-0.3, -0.25) is 9.59 Å². The number of rotatable bonds is 3. The maximum atomic E-state index is 12.4. The second-order valence-electron chi connectivity index (χ2n) is 4.49. The predicted molar refractivity (Wildman–Crippen MR) is 69.7 cm³/mol. The second kappa shape index (κ2) is 5.82. The molecule has 2 N–H and O–H groups in total. The van der Waals surface area contributed by atoms with Crippen LogP contribution in [0.1, 0.15) is 30.1 Å². The summed E-state index contributed by atoms with van der Waals surface area (Å²) in [5.74, 6) is -0.161. The van der Waals surface area contributed by atoms with Gasteiger partial charge in [0.1, 0.15) is 5.56 Å². The molecule has 1 fully saturated rings. The van der Waals surface area contributed by atoms with E-state index in [1.165, 1.54) is 12.3 Å². The Balaban J connectivity index is 2.19. The summed E-state index contributed by atoms with van der Waals surface area (Å²) in [6.07, 6.45) is 4.93. The van der Waals surface area contributed by atoms with Crippen molar-refractivity contribution in [1.29, 1.82) is 0 Å². The van der Waals surface area contributed by atoms with Crippen molar-refractivity contribution in [2.45, 2.75) is 25.8 Å². The van der Waals surface area contributed by atoms with Gasteiger partial charge in [0.15, 0.2) is 5.43 Å². The van der Waals surface area contributed by atoms with Crippen LogP contribution in [0.5, 0.6) is 0 Å². The molecule has 1 amide bonds. The Morgan fingerprint density at radius 3 is 2.78 bits per heavy atom. The Labute approximate surface area is 106 Å². The van der Waals surface area contributed by atoms with E-state index in [0.29, 0.717) is 6.54 Å². The molecule has 2 rings (SSSR count). The van der Waals surface area contributed by atoms with Gasteiger partial charge in [0.2, 0.25) is 0 Å². The van der Waals surface area contributed by atoms with Gasteiger partial charge in [-0.2, -0.15) is 0 Å². The minimum atomic E-state index is -0.217. The number of amides is 1. The summed E-state index contributed by atoms with van der Waals surface area (Å²) in [5.41, 5.74) is 0.0176. The first-order valence-electron chi connectivity index (χ1n) is 6.43. The fraction of sp³-hybridized carbons (Fsp3) is 0.538. The molecule has 1 aliphatic rings. The number of H-pyrrole nitrogens is 1. The van der Waals surface area contributed by atoms with Crippen LogP contribution in [0.2, 0.25) is 0 Å². The van der Waals surface area contributed by atoms with E-state index in [1.807, 2.05) is 11.8 Å². The number of nitrogens with one attached hydrogen (secondary N) is 2. The zero-order valence-corrected chi connectivity index (χ0v) is 10.6. The second-order valence-corrected chi connectivity index (χ2v) is 4.49. The molecule has 0 aliphatic carbocycles. The summed E-state index contributed by atoms with van der Waals surface area (Å²) in [6.45, 7) is 4.45. The fourth-order valence-electron chi connectivity index (χ4n) is 2.42. The molecule has 0 saturated carbocycles. The van der Waals surface area contributed by atoms with Gasteiger partial charge in [0.05, 0.1) is 0 Å². The third-order valence-electron chi connectivity index (χ3n) is 3.41. The molecule has 0 atom stereocenters. The van der Waals surface area contributed by atoms with Crippen LogP contribution in [0.15, 0.2) is 23.3 Å². The van der Waals surface area contributed by atoms with Gasteiger partial charge < -0.3 is 15.2 Å². The number of carbonyl (C=O) groups excluding carboxylic acids is 1. The average molecular weight is 249 g/mol. The van der Waals surface area contributed by atoms with Crippen LogP contribution in [0, 0.1) is 0 Å². The molecule has 1 aliphatic heterocycles. The maximum Gasteiger partial charge on any atom is 0.259 e. The molecule has 0 unspecified atom stereocenters. The Hall–Kier alpha value is -1.62. The topological polar surface area (TPSA) is 65.2 Å². The largest absolute Gasteiger partial charge is 0.367 e. The Morgan fingerprint density at radius 2 is 2.17 bits per heavy atom. The van der Waals surface area contributed by atoms with Gasteiger partial charge >= 0.3 is 0 Å². The molecular formula is C13H19N3O2. The molecule has 0 aromatic carbocycles. The van der Waals surface area contributed by atoms with Crippen molar-refractivity contribution in [3.8, 4) is 0 Å². The minimum absolute atomic E-state index is 0.161. The van der Waals surface area contributed by atoms with Crippen molar-refractivity contribution in [1.82, 2.24) is 15.2 Å². The summed E-state index contributed by atoms with van der Waals surface area (Å²) in [7, 11) is 0. The Morgan fingerprint density at radius 1 is 1.44 bits per heavy atom. The van der Waals surface area contributed by atoms with Crippen molar-refractivity contribution >= 4 is 5.91 Å². The molecular weight excluding hydrogens is 230 g/mol. The SMILES string of the molecule is CCN(C(=O)c1c[nH]ccc1=O)C1CCNCC1. The number of aromatic nitrogens is 1. The van der Waals surface area contributed by atoms with Crippen LogP contribution in [0.25, 0.3) is 0 Å². The molecule has 1 aromatic rings. The number of pyridine rings is 1. The molecule has 5 heteroatoms. The number of nitrogens with zero attached hydrogens (tertiary/aromatic N) is 1. The standard InChI is InChI=1S/C13H19N3O2/c1-2-16(10-3-6-14-7-4-10)13(18)11-9-15-8-5-12(11)17/h5,8-10,14H,2-4,6-7H2,1H3,(H,15,17). The van der Waals surface area contributed by atoms with Crippen LogP contribution >= 0.6 is 0 Å². The van der Waals surface area contributed by atoms with Gasteiger partial charge in [-0.05, 0) is 32.9 Å². The molecule has 0 bridgehead atoms. The highest BCUT2D eigenvalue weighted by Gasteiger charge is 2.25. The number of hydrogen-bond donors (Lipinski definition) is 2.